The van der Waals surface area contributed by atoms with Crippen molar-refractivity contribution in [2.75, 3.05) is 80.0 Å². The highest BCUT2D eigenvalue weighted by atomic mass is 16.5. The Morgan fingerprint density at radius 2 is 1.62 bits per heavy atom. The Kier molecular flexibility index (Phi) is 7.35. The summed E-state index contributed by atoms with van der Waals surface area (Å²) < 4.78 is 16.0. The van der Waals surface area contributed by atoms with Crippen molar-refractivity contribution < 1.29 is 19.0 Å². The first-order valence-corrected chi connectivity index (χ1v) is 8.71. The number of nitrogens with one attached hydrogen (secondary N) is 1. The maximum absolute atomic E-state index is 12.6. The van der Waals surface area contributed by atoms with E-state index < -0.39 is 0 Å². The van der Waals surface area contributed by atoms with Crippen LogP contribution in [0.15, 0.2) is 12.1 Å². The highest BCUT2D eigenvalue weighted by Crippen LogP contribution is 2.39. The van der Waals surface area contributed by atoms with Crippen molar-refractivity contribution in [2.24, 2.45) is 0 Å². The van der Waals surface area contributed by atoms with Crippen LogP contribution in [0.1, 0.15) is 0 Å². The molecule has 8 heteroatoms. The van der Waals surface area contributed by atoms with Crippen molar-refractivity contribution in [1.82, 2.24) is 14.7 Å². The molecule has 0 aromatic heterocycles. The molecular formula is C18H30N4O4. The maximum atomic E-state index is 12.6. The monoisotopic (exact) mass is 366 g/mol. The van der Waals surface area contributed by atoms with Gasteiger partial charge in [0.15, 0.2) is 11.5 Å². The van der Waals surface area contributed by atoms with Gasteiger partial charge in [-0.25, -0.2) is 4.79 Å². The quantitative estimate of drug-likeness (QED) is 0.787. The summed E-state index contributed by atoms with van der Waals surface area (Å²) in [6, 6.07) is 3.34. The van der Waals surface area contributed by atoms with Gasteiger partial charge in [-0.05, 0) is 14.1 Å². The zero-order valence-corrected chi connectivity index (χ0v) is 16.4. The summed E-state index contributed by atoms with van der Waals surface area (Å²) in [6.07, 6.45) is 0. The van der Waals surface area contributed by atoms with Gasteiger partial charge in [-0.2, -0.15) is 0 Å². The summed E-state index contributed by atoms with van der Waals surface area (Å²) in [5.74, 6) is 1.52. The third kappa shape index (κ3) is 5.15. The van der Waals surface area contributed by atoms with Gasteiger partial charge < -0.3 is 29.3 Å². The molecule has 0 unspecified atom stereocenters. The summed E-state index contributed by atoms with van der Waals surface area (Å²) >= 11 is 0. The molecule has 0 radical (unpaired) electrons. The smallest absolute Gasteiger partial charge is 0.321 e. The number of carbonyl (C=O) groups is 1. The van der Waals surface area contributed by atoms with E-state index in [2.05, 4.69) is 29.2 Å². The van der Waals surface area contributed by atoms with Gasteiger partial charge in [0.1, 0.15) is 0 Å². The van der Waals surface area contributed by atoms with Crippen molar-refractivity contribution in [3.8, 4) is 17.2 Å². The zero-order chi connectivity index (χ0) is 19.1. The number of hydrogen-bond acceptors (Lipinski definition) is 6. The number of carbonyl (C=O) groups excluding carboxylic acids is 1. The van der Waals surface area contributed by atoms with Gasteiger partial charge in [0, 0.05) is 51.4 Å². The number of methoxy groups -OCH3 is 3. The molecule has 1 aromatic rings. The fourth-order valence-electron chi connectivity index (χ4n) is 2.87. The Hall–Kier alpha value is -2.19. The Morgan fingerprint density at radius 3 is 2.08 bits per heavy atom. The van der Waals surface area contributed by atoms with Crippen molar-refractivity contribution in [2.45, 2.75) is 0 Å². The third-order valence-corrected chi connectivity index (χ3v) is 4.44. The second-order valence-electron chi connectivity index (χ2n) is 6.48. The first-order chi connectivity index (χ1) is 12.5. The predicted molar refractivity (Wildman–Crippen MR) is 102 cm³/mol. The van der Waals surface area contributed by atoms with Crippen LogP contribution in [0.25, 0.3) is 0 Å². The van der Waals surface area contributed by atoms with E-state index in [9.17, 15) is 4.79 Å². The molecule has 2 rings (SSSR count). The van der Waals surface area contributed by atoms with Crippen LogP contribution in [0, 0.1) is 0 Å². The number of anilines is 1. The maximum Gasteiger partial charge on any atom is 0.321 e. The molecule has 1 aromatic carbocycles. The van der Waals surface area contributed by atoms with E-state index in [0.717, 1.165) is 26.2 Å². The number of rotatable bonds is 7. The van der Waals surface area contributed by atoms with Crippen LogP contribution >= 0.6 is 0 Å². The van der Waals surface area contributed by atoms with Crippen molar-refractivity contribution >= 4 is 11.7 Å². The second kappa shape index (κ2) is 9.49. The Labute approximate surface area is 155 Å². The van der Waals surface area contributed by atoms with E-state index in [1.165, 1.54) is 0 Å². The fourth-order valence-corrected chi connectivity index (χ4v) is 2.87. The van der Waals surface area contributed by atoms with Crippen LogP contribution in [0.5, 0.6) is 17.2 Å². The minimum absolute atomic E-state index is 0.119. The van der Waals surface area contributed by atoms with Crippen molar-refractivity contribution in [1.29, 1.82) is 0 Å². The molecule has 146 valence electrons. The van der Waals surface area contributed by atoms with Gasteiger partial charge in [0.05, 0.1) is 27.0 Å². The van der Waals surface area contributed by atoms with Crippen LogP contribution in [0.4, 0.5) is 10.5 Å². The number of hydrogen-bond donors (Lipinski definition) is 1. The van der Waals surface area contributed by atoms with Crippen molar-refractivity contribution in [3.05, 3.63) is 12.1 Å². The van der Waals surface area contributed by atoms with Crippen LogP contribution in [-0.2, 0) is 0 Å². The zero-order valence-electron chi connectivity index (χ0n) is 16.4. The van der Waals surface area contributed by atoms with Crippen LogP contribution in [0.2, 0.25) is 0 Å². The molecule has 0 spiro atoms. The molecule has 1 heterocycles. The first-order valence-electron chi connectivity index (χ1n) is 8.71. The van der Waals surface area contributed by atoms with Crippen molar-refractivity contribution in [3.63, 3.8) is 0 Å². The SMILES string of the molecule is COc1cc(NC(=O)N2CCN(CCN(C)C)CC2)cc(OC)c1OC. The highest BCUT2D eigenvalue weighted by molar-refractivity contribution is 5.90. The summed E-state index contributed by atoms with van der Waals surface area (Å²) in [4.78, 5) is 18.9. The number of urea groups is 1. The molecule has 0 atom stereocenters. The van der Waals surface area contributed by atoms with E-state index in [4.69, 9.17) is 14.2 Å². The van der Waals surface area contributed by atoms with E-state index in [1.54, 1.807) is 33.5 Å². The molecule has 0 bridgehead atoms. The molecule has 1 N–H and O–H groups in total. The van der Waals surface area contributed by atoms with Crippen LogP contribution < -0.4 is 19.5 Å². The topological polar surface area (TPSA) is 66.5 Å². The molecule has 1 aliphatic rings. The molecular weight excluding hydrogens is 336 g/mol. The number of ether oxygens (including phenoxy) is 3. The molecule has 1 saturated heterocycles. The summed E-state index contributed by atoms with van der Waals surface area (Å²) in [6.45, 7) is 5.24. The lowest BCUT2D eigenvalue weighted by molar-refractivity contribution is 0.140. The Morgan fingerprint density at radius 1 is 1.04 bits per heavy atom. The molecule has 1 aliphatic heterocycles. The number of benzene rings is 1. The van der Waals surface area contributed by atoms with E-state index >= 15 is 0 Å². The van der Waals surface area contributed by atoms with Gasteiger partial charge in [-0.1, -0.05) is 0 Å². The van der Waals surface area contributed by atoms with Gasteiger partial charge in [0.25, 0.3) is 0 Å². The lowest BCUT2D eigenvalue weighted by Crippen LogP contribution is -2.51. The van der Waals surface area contributed by atoms with Gasteiger partial charge in [-0.3, -0.25) is 4.90 Å². The van der Waals surface area contributed by atoms with Gasteiger partial charge in [0.2, 0.25) is 5.75 Å². The summed E-state index contributed by atoms with van der Waals surface area (Å²) in [7, 11) is 8.79. The molecule has 8 nitrogen and oxygen atoms in total. The summed E-state index contributed by atoms with van der Waals surface area (Å²) in [5, 5.41) is 2.92. The van der Waals surface area contributed by atoms with E-state index in [-0.39, 0.29) is 6.03 Å². The normalized spacial score (nSPS) is 15.1. The van der Waals surface area contributed by atoms with Gasteiger partial charge in [-0.15, -0.1) is 0 Å². The molecule has 1 fully saturated rings. The lowest BCUT2D eigenvalue weighted by Gasteiger charge is -2.35. The first kappa shape index (κ1) is 20.1. The van der Waals surface area contributed by atoms with Gasteiger partial charge >= 0.3 is 6.03 Å². The minimum atomic E-state index is -0.119. The van der Waals surface area contributed by atoms with E-state index in [1.807, 2.05) is 4.90 Å². The predicted octanol–water partition coefficient (Wildman–Crippen LogP) is 1.42. The van der Waals surface area contributed by atoms with Crippen LogP contribution in [0.3, 0.4) is 0 Å². The highest BCUT2D eigenvalue weighted by Gasteiger charge is 2.22. The summed E-state index contributed by atoms with van der Waals surface area (Å²) in [5.41, 5.74) is 0.611. The Balaban J connectivity index is 1.96. The molecule has 0 saturated carbocycles. The molecule has 26 heavy (non-hydrogen) atoms. The average Bonchev–Trinajstić information content (AvgIpc) is 2.65. The number of piperazine rings is 1. The van der Waals surface area contributed by atoms with E-state index in [0.29, 0.717) is 36.0 Å². The minimum Gasteiger partial charge on any atom is -0.493 e. The van der Waals surface area contributed by atoms with Crippen LogP contribution in [-0.4, -0.2) is 95.4 Å². The Bertz CT molecular complexity index is 576. The molecule has 0 aliphatic carbocycles. The standard InChI is InChI=1S/C18H30N4O4/c1-20(2)6-7-21-8-10-22(11-9-21)18(23)19-14-12-15(24-3)17(26-5)16(13-14)25-4/h12-13H,6-11H2,1-5H3,(H,19,23). The number of nitrogens with zero attached hydrogens (tertiary/aromatic N) is 3. The average molecular weight is 366 g/mol. The number of amides is 2. The third-order valence-electron chi connectivity index (χ3n) is 4.44. The molecule has 2 amide bonds. The largest absolute Gasteiger partial charge is 0.493 e. The number of likely N-dealkylation sites (N-methyl/N-ethyl adjacent to an activating group) is 1. The fraction of sp³-hybridized carbons (Fsp3) is 0.611. The lowest BCUT2D eigenvalue weighted by atomic mass is 10.2. The second-order valence-corrected chi connectivity index (χ2v) is 6.48.